The lowest BCUT2D eigenvalue weighted by Crippen LogP contribution is -2.32. The summed E-state index contributed by atoms with van der Waals surface area (Å²) in [5.74, 6) is 1.14. The van der Waals surface area contributed by atoms with Crippen LogP contribution in [0.15, 0.2) is 12.1 Å². The van der Waals surface area contributed by atoms with Crippen molar-refractivity contribution in [2.45, 2.75) is 25.7 Å². The number of hydrogen-bond donors (Lipinski definition) is 1. The van der Waals surface area contributed by atoms with Crippen LogP contribution in [0.1, 0.15) is 24.1 Å². The van der Waals surface area contributed by atoms with Crippen molar-refractivity contribution >= 4 is 5.82 Å². The lowest BCUT2D eigenvalue weighted by Gasteiger charge is -2.23. The van der Waals surface area contributed by atoms with Crippen molar-refractivity contribution in [3.05, 3.63) is 23.4 Å². The molecule has 1 N–H and O–H groups in total. The third kappa shape index (κ3) is 2.90. The zero-order valence-corrected chi connectivity index (χ0v) is 11.5. The molecule has 4 heteroatoms. The number of pyridine rings is 1. The van der Waals surface area contributed by atoms with Gasteiger partial charge in [0.05, 0.1) is 6.61 Å². The summed E-state index contributed by atoms with van der Waals surface area (Å²) < 4.78 is 0. The lowest BCUT2D eigenvalue weighted by atomic mass is 10.2. The van der Waals surface area contributed by atoms with E-state index in [1.807, 2.05) is 0 Å². The minimum atomic E-state index is 0.261. The van der Waals surface area contributed by atoms with E-state index in [1.54, 1.807) is 0 Å². The summed E-state index contributed by atoms with van der Waals surface area (Å²) >= 11 is 0. The minimum absolute atomic E-state index is 0.261. The zero-order chi connectivity index (χ0) is 13.1. The van der Waals surface area contributed by atoms with Gasteiger partial charge < -0.3 is 10.0 Å². The van der Waals surface area contributed by atoms with E-state index in [1.165, 1.54) is 24.1 Å². The van der Waals surface area contributed by atoms with E-state index in [4.69, 9.17) is 10.1 Å². The smallest absolute Gasteiger partial charge is 0.128 e. The van der Waals surface area contributed by atoms with E-state index in [9.17, 15) is 0 Å². The third-order valence-electron chi connectivity index (χ3n) is 4.24. The fourth-order valence-electron chi connectivity index (χ4n) is 3.15. The van der Waals surface area contributed by atoms with Gasteiger partial charge in [-0.1, -0.05) is 6.07 Å². The minimum Gasteiger partial charge on any atom is -0.395 e. The number of rotatable bonds is 3. The van der Waals surface area contributed by atoms with Crippen LogP contribution >= 0.6 is 0 Å². The quantitative estimate of drug-likeness (QED) is 0.883. The SMILES string of the molecule is OCCN1CCCN(c2ccc3c(n2)CCC3)CC1. The van der Waals surface area contributed by atoms with E-state index in [-0.39, 0.29) is 6.61 Å². The molecule has 4 nitrogen and oxygen atoms in total. The highest BCUT2D eigenvalue weighted by molar-refractivity contribution is 5.43. The summed E-state index contributed by atoms with van der Waals surface area (Å²) in [6.45, 7) is 5.27. The van der Waals surface area contributed by atoms with Crippen molar-refractivity contribution in [1.29, 1.82) is 0 Å². The molecule has 0 amide bonds. The summed E-state index contributed by atoms with van der Waals surface area (Å²) in [5, 5.41) is 9.03. The fourth-order valence-corrected chi connectivity index (χ4v) is 3.15. The molecule has 3 rings (SSSR count). The third-order valence-corrected chi connectivity index (χ3v) is 4.24. The average molecular weight is 261 g/mol. The molecule has 0 saturated carbocycles. The van der Waals surface area contributed by atoms with Gasteiger partial charge in [0, 0.05) is 31.9 Å². The van der Waals surface area contributed by atoms with Crippen LogP contribution in [0, 0.1) is 0 Å². The number of nitrogens with zero attached hydrogens (tertiary/aromatic N) is 3. The standard InChI is InChI=1S/C15H23N3O/c19-12-11-17-7-2-8-18(10-9-17)15-6-5-13-3-1-4-14(13)16-15/h5-6,19H,1-4,7-12H2. The molecular formula is C15H23N3O. The average Bonchev–Trinajstić information content (AvgIpc) is 2.77. The van der Waals surface area contributed by atoms with Crippen LogP contribution in [-0.4, -0.2) is 54.3 Å². The topological polar surface area (TPSA) is 39.6 Å². The molecular weight excluding hydrogens is 238 g/mol. The van der Waals surface area contributed by atoms with Gasteiger partial charge in [-0.25, -0.2) is 4.98 Å². The van der Waals surface area contributed by atoms with Crippen LogP contribution in [0.4, 0.5) is 5.82 Å². The van der Waals surface area contributed by atoms with Gasteiger partial charge in [0.25, 0.3) is 0 Å². The molecule has 0 atom stereocenters. The van der Waals surface area contributed by atoms with E-state index >= 15 is 0 Å². The predicted molar refractivity (Wildman–Crippen MR) is 76.6 cm³/mol. The van der Waals surface area contributed by atoms with Crippen molar-refractivity contribution in [2.24, 2.45) is 0 Å². The predicted octanol–water partition coefficient (Wildman–Crippen LogP) is 1.07. The van der Waals surface area contributed by atoms with Crippen molar-refractivity contribution in [2.75, 3.05) is 44.2 Å². The van der Waals surface area contributed by atoms with Gasteiger partial charge in [-0.3, -0.25) is 4.90 Å². The molecule has 0 spiro atoms. The van der Waals surface area contributed by atoms with Gasteiger partial charge in [-0.2, -0.15) is 0 Å². The van der Waals surface area contributed by atoms with E-state index in [0.29, 0.717) is 0 Å². The number of β-amino-alcohol motifs (C(OH)–C–C–N with tert-alkyl or cyclic N) is 1. The Hall–Kier alpha value is -1.13. The molecule has 19 heavy (non-hydrogen) atoms. The molecule has 1 aromatic rings. The van der Waals surface area contributed by atoms with Crippen LogP contribution in [0.25, 0.3) is 0 Å². The highest BCUT2D eigenvalue weighted by Gasteiger charge is 2.18. The number of aliphatic hydroxyl groups excluding tert-OH is 1. The van der Waals surface area contributed by atoms with Gasteiger partial charge in [0.1, 0.15) is 5.82 Å². The summed E-state index contributed by atoms with van der Waals surface area (Å²) in [4.78, 5) is 9.59. The first-order valence-electron chi connectivity index (χ1n) is 7.44. The molecule has 1 aliphatic heterocycles. The van der Waals surface area contributed by atoms with Gasteiger partial charge >= 0.3 is 0 Å². The summed E-state index contributed by atoms with van der Waals surface area (Å²) in [6.07, 6.45) is 4.76. The van der Waals surface area contributed by atoms with Crippen LogP contribution in [0.2, 0.25) is 0 Å². The number of aromatic nitrogens is 1. The zero-order valence-electron chi connectivity index (χ0n) is 11.5. The Morgan fingerprint density at radius 2 is 2.00 bits per heavy atom. The van der Waals surface area contributed by atoms with Crippen LogP contribution < -0.4 is 4.90 Å². The second kappa shape index (κ2) is 5.88. The Bertz CT molecular complexity index is 435. The molecule has 1 saturated heterocycles. The van der Waals surface area contributed by atoms with E-state index in [2.05, 4.69) is 21.9 Å². The van der Waals surface area contributed by atoms with Crippen molar-refractivity contribution in [3.63, 3.8) is 0 Å². The molecule has 1 aliphatic carbocycles. The van der Waals surface area contributed by atoms with Crippen molar-refractivity contribution < 1.29 is 5.11 Å². The first-order chi connectivity index (χ1) is 9.36. The molecule has 0 radical (unpaired) electrons. The second-order valence-corrected chi connectivity index (χ2v) is 5.53. The second-order valence-electron chi connectivity index (χ2n) is 5.53. The first kappa shape index (κ1) is 12.9. The van der Waals surface area contributed by atoms with Crippen molar-refractivity contribution in [1.82, 2.24) is 9.88 Å². The Morgan fingerprint density at radius 3 is 2.89 bits per heavy atom. The Labute approximate surface area is 115 Å². The number of aryl methyl sites for hydroxylation is 2. The fraction of sp³-hybridized carbons (Fsp3) is 0.667. The first-order valence-corrected chi connectivity index (χ1v) is 7.44. The van der Waals surface area contributed by atoms with Gasteiger partial charge in [0.2, 0.25) is 0 Å². The van der Waals surface area contributed by atoms with E-state index in [0.717, 1.165) is 51.4 Å². The molecule has 0 bridgehead atoms. The molecule has 2 heterocycles. The van der Waals surface area contributed by atoms with Gasteiger partial charge in [0.15, 0.2) is 0 Å². The molecule has 1 fully saturated rings. The summed E-state index contributed by atoms with van der Waals surface area (Å²) in [6, 6.07) is 4.45. The highest BCUT2D eigenvalue weighted by atomic mass is 16.3. The maximum absolute atomic E-state index is 9.03. The van der Waals surface area contributed by atoms with Gasteiger partial charge in [-0.15, -0.1) is 0 Å². The van der Waals surface area contributed by atoms with E-state index < -0.39 is 0 Å². The molecule has 2 aliphatic rings. The maximum atomic E-state index is 9.03. The molecule has 0 unspecified atom stereocenters. The Morgan fingerprint density at radius 1 is 1.05 bits per heavy atom. The van der Waals surface area contributed by atoms with Crippen LogP contribution in [-0.2, 0) is 12.8 Å². The number of aliphatic hydroxyl groups is 1. The molecule has 104 valence electrons. The van der Waals surface area contributed by atoms with Gasteiger partial charge in [-0.05, 0) is 43.9 Å². The summed E-state index contributed by atoms with van der Waals surface area (Å²) in [7, 11) is 0. The maximum Gasteiger partial charge on any atom is 0.128 e. The highest BCUT2D eigenvalue weighted by Crippen LogP contribution is 2.23. The number of fused-ring (bicyclic) bond motifs is 1. The number of hydrogen-bond acceptors (Lipinski definition) is 4. The number of anilines is 1. The summed E-state index contributed by atoms with van der Waals surface area (Å²) in [5.41, 5.74) is 2.76. The van der Waals surface area contributed by atoms with Crippen LogP contribution in [0.5, 0.6) is 0 Å². The monoisotopic (exact) mass is 261 g/mol. The normalized spacial score (nSPS) is 20.4. The molecule has 0 aromatic carbocycles. The lowest BCUT2D eigenvalue weighted by molar-refractivity contribution is 0.204. The Balaban J connectivity index is 1.68. The Kier molecular flexibility index (Phi) is 3.99. The largest absolute Gasteiger partial charge is 0.395 e. The van der Waals surface area contributed by atoms with Crippen molar-refractivity contribution in [3.8, 4) is 0 Å². The molecule has 1 aromatic heterocycles. The van der Waals surface area contributed by atoms with Crippen LogP contribution in [0.3, 0.4) is 0 Å².